The first-order valence-electron chi connectivity index (χ1n) is 9.91. The first-order chi connectivity index (χ1) is 14.3. The number of carbonyl (C=O) groups excluding carboxylic acids is 2. The van der Waals surface area contributed by atoms with E-state index in [1.807, 2.05) is 30.0 Å². The first-order valence-corrected chi connectivity index (χ1v) is 12.6. The molecule has 0 aliphatic carbocycles. The second-order valence-electron chi connectivity index (χ2n) is 7.58. The summed E-state index contributed by atoms with van der Waals surface area (Å²) >= 11 is 1.69. The number of imide groups is 1. The highest BCUT2D eigenvalue weighted by molar-refractivity contribution is 7.91. The summed E-state index contributed by atoms with van der Waals surface area (Å²) in [5.74, 6) is -0.413. The van der Waals surface area contributed by atoms with Crippen LogP contribution in [0.1, 0.15) is 21.7 Å². The fraction of sp³-hybridized carbons (Fsp3) is 0.429. The number of amides is 3. The van der Waals surface area contributed by atoms with Crippen LogP contribution in [-0.4, -0.2) is 55.9 Å². The molecule has 1 aromatic carbocycles. The summed E-state index contributed by atoms with van der Waals surface area (Å²) < 4.78 is 23.0. The number of nitrogens with one attached hydrogen (secondary N) is 2. The molecule has 1 aromatic heterocycles. The van der Waals surface area contributed by atoms with Crippen LogP contribution in [0.2, 0.25) is 0 Å². The highest BCUT2D eigenvalue weighted by Crippen LogP contribution is 2.17. The van der Waals surface area contributed by atoms with Gasteiger partial charge >= 0.3 is 6.03 Å². The average molecular weight is 450 g/mol. The third kappa shape index (κ3) is 7.23. The van der Waals surface area contributed by atoms with Crippen molar-refractivity contribution < 1.29 is 18.0 Å². The van der Waals surface area contributed by atoms with Gasteiger partial charge in [0, 0.05) is 28.9 Å². The molecule has 3 rings (SSSR count). The van der Waals surface area contributed by atoms with Gasteiger partial charge in [-0.1, -0.05) is 30.3 Å². The van der Waals surface area contributed by atoms with Crippen LogP contribution in [0.25, 0.3) is 0 Å². The van der Waals surface area contributed by atoms with Crippen LogP contribution < -0.4 is 10.6 Å². The zero-order valence-electron chi connectivity index (χ0n) is 17.0. The molecule has 3 amide bonds. The smallest absolute Gasteiger partial charge is 0.321 e. The van der Waals surface area contributed by atoms with Crippen LogP contribution in [0.15, 0.2) is 42.5 Å². The van der Waals surface area contributed by atoms with Gasteiger partial charge in [-0.2, -0.15) is 0 Å². The van der Waals surface area contributed by atoms with Gasteiger partial charge < -0.3 is 5.32 Å². The van der Waals surface area contributed by atoms with Crippen molar-refractivity contribution in [3.05, 3.63) is 57.8 Å². The maximum atomic E-state index is 12.4. The predicted octanol–water partition coefficient (Wildman–Crippen LogP) is 2.11. The van der Waals surface area contributed by atoms with Crippen molar-refractivity contribution in [3.8, 4) is 0 Å². The molecule has 2 aromatic rings. The molecule has 1 aliphatic rings. The molecular formula is C21H27N3O4S2. The van der Waals surface area contributed by atoms with E-state index in [1.54, 1.807) is 11.3 Å². The fourth-order valence-corrected chi connectivity index (χ4v) is 6.04. The van der Waals surface area contributed by atoms with Crippen LogP contribution in [0.5, 0.6) is 0 Å². The lowest BCUT2D eigenvalue weighted by atomic mass is 10.1. The lowest BCUT2D eigenvalue weighted by Crippen LogP contribution is -2.48. The quantitative estimate of drug-likeness (QED) is 0.644. The third-order valence-electron chi connectivity index (χ3n) is 4.92. The molecule has 0 bridgehead atoms. The van der Waals surface area contributed by atoms with Gasteiger partial charge in [0.25, 0.3) is 0 Å². The number of urea groups is 1. The number of sulfone groups is 1. The second kappa shape index (κ2) is 10.2. The molecule has 7 nitrogen and oxygen atoms in total. The van der Waals surface area contributed by atoms with Crippen molar-refractivity contribution in [2.45, 2.75) is 32.4 Å². The number of benzene rings is 1. The molecule has 0 spiro atoms. The van der Waals surface area contributed by atoms with Crippen molar-refractivity contribution in [1.82, 2.24) is 15.5 Å². The van der Waals surface area contributed by atoms with Gasteiger partial charge in [-0.15, -0.1) is 11.3 Å². The number of thiophene rings is 1. The first kappa shape index (κ1) is 22.5. The van der Waals surface area contributed by atoms with Crippen molar-refractivity contribution in [1.29, 1.82) is 0 Å². The Morgan fingerprint density at radius 1 is 1.17 bits per heavy atom. The Hall–Kier alpha value is -2.23. The van der Waals surface area contributed by atoms with Crippen molar-refractivity contribution in [3.63, 3.8) is 0 Å². The zero-order valence-corrected chi connectivity index (χ0v) is 18.6. The van der Waals surface area contributed by atoms with E-state index in [4.69, 9.17) is 0 Å². The van der Waals surface area contributed by atoms with Crippen LogP contribution in [0.4, 0.5) is 4.79 Å². The lowest BCUT2D eigenvalue weighted by molar-refractivity contribution is -0.121. The molecular weight excluding hydrogens is 422 g/mol. The van der Waals surface area contributed by atoms with E-state index in [9.17, 15) is 18.0 Å². The molecule has 9 heteroatoms. The van der Waals surface area contributed by atoms with Crippen molar-refractivity contribution in [2.24, 2.45) is 0 Å². The van der Waals surface area contributed by atoms with Crippen molar-refractivity contribution in [2.75, 3.05) is 24.6 Å². The van der Waals surface area contributed by atoms with Crippen LogP contribution in [0.3, 0.4) is 0 Å². The highest BCUT2D eigenvalue weighted by atomic mass is 32.2. The minimum absolute atomic E-state index is 0.0688. The monoisotopic (exact) mass is 449 g/mol. The van der Waals surface area contributed by atoms with E-state index in [1.165, 1.54) is 10.4 Å². The SMILES string of the molecule is Cc1ccc(CN(CCc2ccccc2)CC(=O)NC(=O)NC2CCS(=O)(=O)C2)s1. The minimum atomic E-state index is -3.09. The minimum Gasteiger partial charge on any atom is -0.334 e. The summed E-state index contributed by atoms with van der Waals surface area (Å²) in [6.07, 6.45) is 1.18. The number of rotatable bonds is 8. The second-order valence-corrected chi connectivity index (χ2v) is 11.2. The maximum Gasteiger partial charge on any atom is 0.321 e. The van der Waals surface area contributed by atoms with Gasteiger partial charge in [-0.3, -0.25) is 15.0 Å². The molecule has 1 atom stereocenters. The summed E-state index contributed by atoms with van der Waals surface area (Å²) in [5, 5.41) is 4.91. The Labute approximate surface area is 181 Å². The van der Waals surface area contributed by atoms with E-state index < -0.39 is 27.8 Å². The molecule has 0 radical (unpaired) electrons. The molecule has 1 fully saturated rings. The van der Waals surface area contributed by atoms with Crippen LogP contribution in [-0.2, 0) is 27.6 Å². The van der Waals surface area contributed by atoms with Crippen LogP contribution >= 0.6 is 11.3 Å². The van der Waals surface area contributed by atoms with Gasteiger partial charge in [0.15, 0.2) is 9.84 Å². The number of hydrogen-bond donors (Lipinski definition) is 2. The normalized spacial score (nSPS) is 17.7. The molecule has 1 unspecified atom stereocenters. The summed E-state index contributed by atoms with van der Waals surface area (Å²) in [6, 6.07) is 13.1. The fourth-order valence-electron chi connectivity index (χ4n) is 3.44. The van der Waals surface area contributed by atoms with E-state index >= 15 is 0 Å². The Morgan fingerprint density at radius 3 is 2.57 bits per heavy atom. The Kier molecular flexibility index (Phi) is 7.63. The molecule has 1 aliphatic heterocycles. The largest absolute Gasteiger partial charge is 0.334 e. The molecule has 162 valence electrons. The average Bonchev–Trinajstić information content (AvgIpc) is 3.24. The number of aryl methyl sites for hydroxylation is 1. The summed E-state index contributed by atoms with van der Waals surface area (Å²) in [6.45, 7) is 3.43. The van der Waals surface area contributed by atoms with Gasteiger partial charge in [0.2, 0.25) is 5.91 Å². The lowest BCUT2D eigenvalue weighted by Gasteiger charge is -2.21. The number of hydrogen-bond acceptors (Lipinski definition) is 6. The number of carbonyl (C=O) groups is 2. The molecule has 1 saturated heterocycles. The maximum absolute atomic E-state index is 12.4. The Balaban J connectivity index is 1.54. The van der Waals surface area contributed by atoms with Crippen molar-refractivity contribution >= 4 is 33.1 Å². The molecule has 2 heterocycles. The van der Waals surface area contributed by atoms with Gasteiger partial charge in [0.1, 0.15) is 0 Å². The highest BCUT2D eigenvalue weighted by Gasteiger charge is 2.29. The topological polar surface area (TPSA) is 95.6 Å². The molecule has 30 heavy (non-hydrogen) atoms. The van der Waals surface area contributed by atoms with Gasteiger partial charge in [0.05, 0.1) is 18.1 Å². The van der Waals surface area contributed by atoms with E-state index in [0.29, 0.717) is 19.5 Å². The zero-order chi connectivity index (χ0) is 21.6. The molecule has 2 N–H and O–H groups in total. The summed E-state index contributed by atoms with van der Waals surface area (Å²) in [5.41, 5.74) is 1.19. The Morgan fingerprint density at radius 2 is 1.93 bits per heavy atom. The standard InChI is InChI=1S/C21H27N3O4S2/c1-16-7-8-19(29-16)13-24(11-9-17-5-3-2-4-6-17)14-20(25)23-21(26)22-18-10-12-30(27,28)15-18/h2-8,18H,9-15H2,1H3,(H2,22,23,25,26). The third-order valence-corrected chi connectivity index (χ3v) is 7.68. The Bertz CT molecular complexity index is 973. The van der Waals surface area contributed by atoms with E-state index in [2.05, 4.69) is 34.9 Å². The van der Waals surface area contributed by atoms with E-state index in [-0.39, 0.29) is 18.1 Å². The summed E-state index contributed by atoms with van der Waals surface area (Å²) in [4.78, 5) is 28.9. The predicted molar refractivity (Wildman–Crippen MR) is 118 cm³/mol. The summed E-state index contributed by atoms with van der Waals surface area (Å²) in [7, 11) is -3.09. The van der Waals surface area contributed by atoms with Crippen LogP contribution in [0, 0.1) is 6.92 Å². The number of nitrogens with zero attached hydrogens (tertiary/aromatic N) is 1. The molecule has 0 saturated carbocycles. The van der Waals surface area contributed by atoms with E-state index in [0.717, 1.165) is 11.3 Å². The van der Waals surface area contributed by atoms with Gasteiger partial charge in [-0.05, 0) is 37.5 Å². The van der Waals surface area contributed by atoms with Gasteiger partial charge in [-0.25, -0.2) is 13.2 Å².